The number of nitrogens with zero attached hydrogens (tertiary/aromatic N) is 2. The summed E-state index contributed by atoms with van der Waals surface area (Å²) in [5.74, 6) is 1.38. The summed E-state index contributed by atoms with van der Waals surface area (Å²) in [7, 11) is 0. The summed E-state index contributed by atoms with van der Waals surface area (Å²) in [5, 5.41) is 11.7. The number of aromatic nitrogens is 2. The smallest absolute Gasteiger partial charge is 0.262 e. The van der Waals surface area contributed by atoms with Crippen LogP contribution in [0.3, 0.4) is 0 Å². The summed E-state index contributed by atoms with van der Waals surface area (Å²) in [6.45, 7) is 1.79. The Kier molecular flexibility index (Phi) is 6.29. The molecular weight excluding hydrogens is 414 g/mol. The van der Waals surface area contributed by atoms with E-state index in [2.05, 4.69) is 15.5 Å². The van der Waals surface area contributed by atoms with E-state index >= 15 is 0 Å². The molecule has 0 fully saturated rings. The Morgan fingerprint density at radius 3 is 2.55 bits per heavy atom. The molecule has 0 saturated carbocycles. The van der Waals surface area contributed by atoms with Crippen LogP contribution in [-0.2, 0) is 11.2 Å². The molecule has 0 saturated heterocycles. The minimum atomic E-state index is -0.246. The second-order valence-corrected chi connectivity index (χ2v) is 7.40. The number of benzene rings is 3. The first-order valence-electron chi connectivity index (χ1n) is 9.72. The fourth-order valence-corrected chi connectivity index (χ4v) is 3.07. The number of hydrogen-bond donors (Lipinski definition) is 1. The van der Waals surface area contributed by atoms with Gasteiger partial charge < -0.3 is 14.5 Å². The van der Waals surface area contributed by atoms with Crippen molar-refractivity contribution in [3.05, 3.63) is 94.8 Å². The summed E-state index contributed by atoms with van der Waals surface area (Å²) in [5.41, 5.74) is 3.46. The van der Waals surface area contributed by atoms with Gasteiger partial charge in [0.15, 0.2) is 6.61 Å². The number of carbonyl (C=O) groups is 1. The number of ether oxygens (including phenoxy) is 1. The molecule has 156 valence electrons. The molecule has 6 nitrogen and oxygen atoms in total. The lowest BCUT2D eigenvalue weighted by atomic mass is 10.1. The molecule has 1 amide bonds. The summed E-state index contributed by atoms with van der Waals surface area (Å²) in [6.07, 6.45) is 0.507. The molecule has 0 aliphatic rings. The number of anilines is 1. The third-order valence-corrected chi connectivity index (χ3v) is 5.00. The molecule has 4 rings (SSSR count). The maximum absolute atomic E-state index is 12.2. The zero-order valence-corrected chi connectivity index (χ0v) is 17.6. The Balaban J connectivity index is 1.30. The Morgan fingerprint density at radius 2 is 1.81 bits per heavy atom. The van der Waals surface area contributed by atoms with Crippen LogP contribution in [0.2, 0.25) is 5.02 Å². The van der Waals surface area contributed by atoms with Gasteiger partial charge in [-0.2, -0.15) is 0 Å². The average Bonchev–Trinajstić information content (AvgIpc) is 3.25. The Labute approximate surface area is 184 Å². The Bertz CT molecular complexity index is 1170. The van der Waals surface area contributed by atoms with Crippen LogP contribution in [0.25, 0.3) is 11.5 Å². The van der Waals surface area contributed by atoms with Crippen LogP contribution in [0.4, 0.5) is 5.69 Å². The van der Waals surface area contributed by atoms with Crippen molar-refractivity contribution < 1.29 is 13.9 Å². The summed E-state index contributed by atoms with van der Waals surface area (Å²) in [6, 6.07) is 22.4. The van der Waals surface area contributed by atoms with Crippen molar-refractivity contribution in [3.63, 3.8) is 0 Å². The van der Waals surface area contributed by atoms with Gasteiger partial charge in [-0.05, 0) is 60.5 Å². The number of rotatable bonds is 7. The van der Waals surface area contributed by atoms with E-state index in [1.165, 1.54) is 0 Å². The largest absolute Gasteiger partial charge is 0.484 e. The van der Waals surface area contributed by atoms with Gasteiger partial charge in [0.05, 0.1) is 6.42 Å². The maximum atomic E-state index is 12.2. The summed E-state index contributed by atoms with van der Waals surface area (Å²) >= 11 is 6.00. The number of hydrogen-bond acceptors (Lipinski definition) is 5. The maximum Gasteiger partial charge on any atom is 0.262 e. The molecule has 0 aliphatic heterocycles. The highest BCUT2D eigenvalue weighted by molar-refractivity contribution is 6.31. The topological polar surface area (TPSA) is 77.2 Å². The Morgan fingerprint density at radius 1 is 1.03 bits per heavy atom. The highest BCUT2D eigenvalue weighted by atomic mass is 35.5. The molecule has 0 bridgehead atoms. The summed E-state index contributed by atoms with van der Waals surface area (Å²) in [4.78, 5) is 12.2. The molecule has 1 N–H and O–H groups in total. The van der Waals surface area contributed by atoms with E-state index < -0.39 is 0 Å². The fourth-order valence-electron chi connectivity index (χ4n) is 2.96. The van der Waals surface area contributed by atoms with E-state index in [9.17, 15) is 4.79 Å². The molecule has 0 atom stereocenters. The zero-order valence-electron chi connectivity index (χ0n) is 16.8. The lowest BCUT2D eigenvalue weighted by Gasteiger charge is -2.09. The van der Waals surface area contributed by atoms with Crippen LogP contribution in [-0.4, -0.2) is 22.7 Å². The highest BCUT2D eigenvalue weighted by Crippen LogP contribution is 2.21. The molecule has 1 aromatic heterocycles. The lowest BCUT2D eigenvalue weighted by molar-refractivity contribution is -0.118. The fraction of sp³-hybridized carbons (Fsp3) is 0.125. The number of halogens is 1. The van der Waals surface area contributed by atoms with Crippen molar-refractivity contribution in [2.24, 2.45) is 0 Å². The van der Waals surface area contributed by atoms with Gasteiger partial charge in [-0.3, -0.25) is 4.79 Å². The predicted molar refractivity (Wildman–Crippen MR) is 119 cm³/mol. The second-order valence-electron chi connectivity index (χ2n) is 6.99. The van der Waals surface area contributed by atoms with Gasteiger partial charge in [0, 0.05) is 16.3 Å². The monoisotopic (exact) mass is 433 g/mol. The van der Waals surface area contributed by atoms with E-state index in [-0.39, 0.29) is 12.5 Å². The quantitative estimate of drug-likeness (QED) is 0.427. The first kappa shape index (κ1) is 20.6. The van der Waals surface area contributed by atoms with E-state index in [0.29, 0.717) is 34.7 Å². The normalized spacial score (nSPS) is 10.6. The third-order valence-electron chi connectivity index (χ3n) is 4.58. The highest BCUT2D eigenvalue weighted by Gasteiger charge is 2.10. The van der Waals surface area contributed by atoms with Crippen LogP contribution < -0.4 is 10.1 Å². The molecule has 0 aliphatic carbocycles. The van der Waals surface area contributed by atoms with E-state index in [1.54, 1.807) is 18.2 Å². The van der Waals surface area contributed by atoms with Crippen LogP contribution in [0.15, 0.2) is 77.2 Å². The molecule has 3 aromatic carbocycles. The molecule has 0 unspecified atom stereocenters. The minimum Gasteiger partial charge on any atom is -0.484 e. The van der Waals surface area contributed by atoms with Crippen molar-refractivity contribution in [2.75, 3.05) is 11.9 Å². The first-order valence-corrected chi connectivity index (χ1v) is 10.1. The SMILES string of the molecule is Cc1cc(OCC(=O)Nc2ccc(Cc3nnc(-c4ccccc4)o3)cc2)ccc1Cl. The van der Waals surface area contributed by atoms with Gasteiger partial charge in [0.25, 0.3) is 5.91 Å². The molecule has 31 heavy (non-hydrogen) atoms. The van der Waals surface area contributed by atoms with Crippen LogP contribution in [0.1, 0.15) is 17.0 Å². The van der Waals surface area contributed by atoms with Crippen molar-refractivity contribution in [2.45, 2.75) is 13.3 Å². The molecule has 7 heteroatoms. The van der Waals surface area contributed by atoms with Gasteiger partial charge in [0.1, 0.15) is 5.75 Å². The lowest BCUT2D eigenvalue weighted by Crippen LogP contribution is -2.20. The van der Waals surface area contributed by atoms with Crippen molar-refractivity contribution >= 4 is 23.2 Å². The molecule has 1 heterocycles. The Hall–Kier alpha value is -3.64. The van der Waals surface area contributed by atoms with E-state index in [1.807, 2.05) is 61.5 Å². The second kappa shape index (κ2) is 9.45. The molecule has 0 radical (unpaired) electrons. The van der Waals surface area contributed by atoms with E-state index in [4.69, 9.17) is 20.8 Å². The standard InChI is InChI=1S/C24H20ClN3O3/c1-16-13-20(11-12-21(16)25)30-15-22(29)26-19-9-7-17(8-10-19)14-23-27-28-24(31-23)18-5-3-2-4-6-18/h2-13H,14-15H2,1H3,(H,26,29). The number of amides is 1. The van der Waals surface area contributed by atoms with Crippen molar-refractivity contribution in [1.82, 2.24) is 10.2 Å². The average molecular weight is 434 g/mol. The van der Waals surface area contributed by atoms with Gasteiger partial charge in [0.2, 0.25) is 11.8 Å². The molecular formula is C24H20ClN3O3. The van der Waals surface area contributed by atoms with Crippen LogP contribution >= 0.6 is 11.6 Å². The zero-order chi connectivity index (χ0) is 21.6. The van der Waals surface area contributed by atoms with E-state index in [0.717, 1.165) is 16.7 Å². The van der Waals surface area contributed by atoms with Gasteiger partial charge in [-0.1, -0.05) is 41.9 Å². The van der Waals surface area contributed by atoms with Crippen LogP contribution in [0, 0.1) is 6.92 Å². The molecule has 4 aromatic rings. The predicted octanol–water partition coefficient (Wildman–Crippen LogP) is 5.31. The molecule has 0 spiro atoms. The van der Waals surface area contributed by atoms with Crippen LogP contribution in [0.5, 0.6) is 5.75 Å². The number of aryl methyl sites for hydroxylation is 1. The number of carbonyl (C=O) groups excluding carboxylic acids is 1. The first-order chi connectivity index (χ1) is 15.1. The van der Waals surface area contributed by atoms with Crippen molar-refractivity contribution in [3.8, 4) is 17.2 Å². The minimum absolute atomic E-state index is 0.0902. The number of nitrogens with one attached hydrogen (secondary N) is 1. The van der Waals surface area contributed by atoms with Crippen molar-refractivity contribution in [1.29, 1.82) is 0 Å². The van der Waals surface area contributed by atoms with Gasteiger partial charge in [-0.15, -0.1) is 10.2 Å². The summed E-state index contributed by atoms with van der Waals surface area (Å²) < 4.78 is 11.3. The van der Waals surface area contributed by atoms with Gasteiger partial charge >= 0.3 is 0 Å². The van der Waals surface area contributed by atoms with Gasteiger partial charge in [-0.25, -0.2) is 0 Å². The third kappa shape index (κ3) is 5.49.